The van der Waals surface area contributed by atoms with E-state index in [4.69, 9.17) is 9.47 Å². The standard InChI is InChI=1S/C21H30N2O5/c1-6-14(2)17-18(24)16(22-19(25)28-21(3,4)5)12-23(17)20(26)27-13-15-10-8-7-9-11-15/h6-11,14,16-18,24H,1,12-13H2,2-5H3,(H,22,25). The highest BCUT2D eigenvalue weighted by Crippen LogP contribution is 2.27. The van der Waals surface area contributed by atoms with Gasteiger partial charge in [-0.2, -0.15) is 0 Å². The van der Waals surface area contributed by atoms with Crippen LogP contribution in [-0.2, 0) is 16.1 Å². The van der Waals surface area contributed by atoms with Gasteiger partial charge < -0.3 is 19.9 Å². The molecule has 0 bridgehead atoms. The molecule has 0 saturated carbocycles. The summed E-state index contributed by atoms with van der Waals surface area (Å²) in [6.45, 7) is 11.1. The van der Waals surface area contributed by atoms with Crippen LogP contribution >= 0.6 is 0 Å². The zero-order valence-corrected chi connectivity index (χ0v) is 16.9. The van der Waals surface area contributed by atoms with Crippen LogP contribution in [0.3, 0.4) is 0 Å². The van der Waals surface area contributed by atoms with Crippen molar-refractivity contribution in [3.63, 3.8) is 0 Å². The summed E-state index contributed by atoms with van der Waals surface area (Å²) in [5.74, 6) is -0.190. The van der Waals surface area contributed by atoms with Gasteiger partial charge in [0.05, 0.1) is 18.2 Å². The predicted molar refractivity (Wildman–Crippen MR) is 106 cm³/mol. The van der Waals surface area contributed by atoms with Crippen molar-refractivity contribution in [2.75, 3.05) is 6.54 Å². The Morgan fingerprint density at radius 3 is 2.57 bits per heavy atom. The van der Waals surface area contributed by atoms with Crippen LogP contribution in [0.15, 0.2) is 43.0 Å². The number of rotatable bonds is 5. The van der Waals surface area contributed by atoms with Crippen molar-refractivity contribution in [3.05, 3.63) is 48.6 Å². The molecule has 0 radical (unpaired) electrons. The fraction of sp³-hybridized carbons (Fsp3) is 0.524. The van der Waals surface area contributed by atoms with E-state index in [1.165, 1.54) is 4.90 Å². The van der Waals surface area contributed by atoms with Crippen molar-refractivity contribution in [3.8, 4) is 0 Å². The molecule has 0 aromatic heterocycles. The lowest BCUT2D eigenvalue weighted by Crippen LogP contribution is -2.47. The first-order valence-electron chi connectivity index (χ1n) is 9.40. The van der Waals surface area contributed by atoms with Crippen LogP contribution in [0, 0.1) is 5.92 Å². The maximum Gasteiger partial charge on any atom is 0.410 e. The predicted octanol–water partition coefficient (Wildman–Crippen LogP) is 3.08. The molecule has 7 nitrogen and oxygen atoms in total. The molecule has 1 aromatic carbocycles. The van der Waals surface area contributed by atoms with E-state index in [2.05, 4.69) is 11.9 Å². The summed E-state index contributed by atoms with van der Waals surface area (Å²) in [7, 11) is 0. The Kier molecular flexibility index (Phi) is 7.07. The van der Waals surface area contributed by atoms with Crippen molar-refractivity contribution < 1.29 is 24.2 Å². The number of alkyl carbamates (subject to hydrolysis) is 1. The molecule has 1 aliphatic rings. The summed E-state index contributed by atoms with van der Waals surface area (Å²) < 4.78 is 10.7. The van der Waals surface area contributed by atoms with Crippen LogP contribution in [0.1, 0.15) is 33.3 Å². The van der Waals surface area contributed by atoms with Gasteiger partial charge in [-0.1, -0.05) is 43.3 Å². The molecule has 4 atom stereocenters. The fourth-order valence-electron chi connectivity index (χ4n) is 3.19. The Hall–Kier alpha value is -2.54. The van der Waals surface area contributed by atoms with E-state index in [1.807, 2.05) is 37.3 Å². The van der Waals surface area contributed by atoms with E-state index < -0.39 is 36.0 Å². The third kappa shape index (κ3) is 5.73. The molecule has 2 N–H and O–H groups in total. The molecule has 1 fully saturated rings. The van der Waals surface area contributed by atoms with Gasteiger partial charge in [0.25, 0.3) is 0 Å². The zero-order chi connectivity index (χ0) is 20.9. The molecule has 0 aliphatic carbocycles. The average molecular weight is 390 g/mol. The second-order valence-electron chi connectivity index (χ2n) is 8.02. The number of nitrogens with zero attached hydrogens (tertiary/aromatic N) is 1. The van der Waals surface area contributed by atoms with Crippen molar-refractivity contribution in [2.24, 2.45) is 5.92 Å². The third-order valence-electron chi connectivity index (χ3n) is 4.57. The highest BCUT2D eigenvalue weighted by molar-refractivity contribution is 5.71. The van der Waals surface area contributed by atoms with E-state index in [0.29, 0.717) is 0 Å². The summed E-state index contributed by atoms with van der Waals surface area (Å²) >= 11 is 0. The van der Waals surface area contributed by atoms with E-state index in [-0.39, 0.29) is 19.1 Å². The minimum absolute atomic E-state index is 0.122. The first-order valence-corrected chi connectivity index (χ1v) is 9.40. The number of aliphatic hydroxyl groups is 1. The van der Waals surface area contributed by atoms with Crippen molar-refractivity contribution in [1.29, 1.82) is 0 Å². The van der Waals surface area contributed by atoms with Crippen molar-refractivity contribution >= 4 is 12.2 Å². The van der Waals surface area contributed by atoms with Gasteiger partial charge in [0.2, 0.25) is 0 Å². The Labute approximate surface area is 166 Å². The largest absolute Gasteiger partial charge is 0.445 e. The summed E-state index contributed by atoms with van der Waals surface area (Å²) in [5.41, 5.74) is 0.211. The van der Waals surface area contributed by atoms with E-state index >= 15 is 0 Å². The first kappa shape index (κ1) is 21.8. The molecule has 7 heteroatoms. The number of likely N-dealkylation sites (tertiary alicyclic amines) is 1. The van der Waals surface area contributed by atoms with Gasteiger partial charge >= 0.3 is 12.2 Å². The zero-order valence-electron chi connectivity index (χ0n) is 16.9. The minimum atomic E-state index is -0.968. The Bertz CT molecular complexity index is 686. The van der Waals surface area contributed by atoms with E-state index in [0.717, 1.165) is 5.56 Å². The summed E-state index contributed by atoms with van der Waals surface area (Å²) in [6, 6.07) is 8.13. The lowest BCUT2D eigenvalue weighted by atomic mass is 9.96. The molecule has 2 rings (SSSR count). The number of amides is 2. The van der Waals surface area contributed by atoms with Crippen LogP contribution in [0.4, 0.5) is 9.59 Å². The lowest BCUT2D eigenvalue weighted by molar-refractivity contribution is 0.0416. The molecule has 2 amide bonds. The molecule has 154 valence electrons. The molecular formula is C21H30N2O5. The van der Waals surface area contributed by atoms with Crippen LogP contribution in [0.2, 0.25) is 0 Å². The first-order chi connectivity index (χ1) is 13.1. The van der Waals surface area contributed by atoms with Gasteiger partial charge in [-0.15, -0.1) is 6.58 Å². The quantitative estimate of drug-likeness (QED) is 0.755. The Morgan fingerprint density at radius 2 is 2.00 bits per heavy atom. The third-order valence-corrected chi connectivity index (χ3v) is 4.57. The Morgan fingerprint density at radius 1 is 1.36 bits per heavy atom. The molecule has 1 saturated heterocycles. The highest BCUT2D eigenvalue weighted by Gasteiger charge is 2.46. The van der Waals surface area contributed by atoms with Crippen LogP contribution in [0.5, 0.6) is 0 Å². The monoisotopic (exact) mass is 390 g/mol. The van der Waals surface area contributed by atoms with E-state index in [9.17, 15) is 14.7 Å². The number of hydrogen-bond donors (Lipinski definition) is 2. The van der Waals surface area contributed by atoms with Crippen molar-refractivity contribution in [2.45, 2.75) is 58.1 Å². The number of hydrogen-bond acceptors (Lipinski definition) is 5. The van der Waals surface area contributed by atoms with Crippen LogP contribution < -0.4 is 5.32 Å². The molecule has 28 heavy (non-hydrogen) atoms. The van der Waals surface area contributed by atoms with E-state index in [1.54, 1.807) is 26.8 Å². The number of benzene rings is 1. The van der Waals surface area contributed by atoms with Crippen LogP contribution in [-0.4, -0.2) is 52.5 Å². The second-order valence-corrected chi connectivity index (χ2v) is 8.02. The lowest BCUT2D eigenvalue weighted by Gasteiger charge is -2.29. The normalized spacial score (nSPS) is 23.0. The van der Waals surface area contributed by atoms with Gasteiger partial charge in [-0.05, 0) is 32.3 Å². The minimum Gasteiger partial charge on any atom is -0.445 e. The molecule has 1 aliphatic heterocycles. The molecule has 1 heterocycles. The Balaban J connectivity index is 2.07. The summed E-state index contributed by atoms with van der Waals surface area (Å²) in [6.07, 6.45) is -0.484. The highest BCUT2D eigenvalue weighted by atomic mass is 16.6. The number of ether oxygens (including phenoxy) is 2. The van der Waals surface area contributed by atoms with Gasteiger partial charge in [0, 0.05) is 6.54 Å². The maximum absolute atomic E-state index is 12.7. The topological polar surface area (TPSA) is 88.1 Å². The summed E-state index contributed by atoms with van der Waals surface area (Å²) in [5, 5.41) is 13.4. The maximum atomic E-state index is 12.7. The molecule has 4 unspecified atom stereocenters. The molecule has 0 spiro atoms. The number of carbonyl (C=O) groups excluding carboxylic acids is 2. The van der Waals surface area contributed by atoms with Gasteiger partial charge in [-0.3, -0.25) is 4.90 Å². The smallest absolute Gasteiger partial charge is 0.410 e. The molecular weight excluding hydrogens is 360 g/mol. The SMILES string of the molecule is C=CC(C)C1C(O)C(NC(=O)OC(C)(C)C)CN1C(=O)OCc1ccccc1. The summed E-state index contributed by atoms with van der Waals surface area (Å²) in [4.78, 5) is 26.2. The van der Waals surface area contributed by atoms with Gasteiger partial charge in [0.15, 0.2) is 0 Å². The average Bonchev–Trinajstić information content (AvgIpc) is 2.94. The number of nitrogens with one attached hydrogen (secondary N) is 1. The van der Waals surface area contributed by atoms with Crippen LogP contribution in [0.25, 0.3) is 0 Å². The number of carbonyl (C=O) groups is 2. The second kappa shape index (κ2) is 9.10. The van der Waals surface area contributed by atoms with Crippen molar-refractivity contribution in [1.82, 2.24) is 10.2 Å². The van der Waals surface area contributed by atoms with Gasteiger partial charge in [0.1, 0.15) is 12.2 Å². The molecule has 1 aromatic rings. The van der Waals surface area contributed by atoms with Gasteiger partial charge in [-0.25, -0.2) is 9.59 Å². The fourth-order valence-corrected chi connectivity index (χ4v) is 3.19. The number of aliphatic hydroxyl groups excluding tert-OH is 1.